The molecule has 10 heteroatoms. The lowest BCUT2D eigenvalue weighted by Crippen LogP contribution is -2.29. The van der Waals surface area contributed by atoms with Gasteiger partial charge in [0.1, 0.15) is 6.61 Å². The number of carbonyl (C=O) groups is 2. The molecule has 0 aromatic rings. The van der Waals surface area contributed by atoms with E-state index in [-0.39, 0.29) is 32.6 Å². The van der Waals surface area contributed by atoms with Gasteiger partial charge in [0, 0.05) is 19.4 Å². The van der Waals surface area contributed by atoms with Crippen molar-refractivity contribution >= 4 is 19.8 Å². The van der Waals surface area contributed by atoms with E-state index in [1.165, 1.54) is 116 Å². The Kier molecular flexibility index (Phi) is 37.1. The van der Waals surface area contributed by atoms with Crippen LogP contribution < -0.4 is 5.73 Å². The second-order valence-electron chi connectivity index (χ2n) is 13.8. The lowest BCUT2D eigenvalue weighted by atomic mass is 10.1. The average molecular weight is 744 g/mol. The summed E-state index contributed by atoms with van der Waals surface area (Å²) in [7, 11) is -4.38. The van der Waals surface area contributed by atoms with Gasteiger partial charge in [-0.25, -0.2) is 4.57 Å². The third-order valence-electron chi connectivity index (χ3n) is 8.82. The quantitative estimate of drug-likeness (QED) is 0.0273. The van der Waals surface area contributed by atoms with Crippen LogP contribution in [-0.2, 0) is 32.7 Å². The third-order valence-corrected chi connectivity index (χ3v) is 9.81. The number of unbranched alkanes of at least 4 members (excludes halogenated alkanes) is 22. The zero-order valence-electron chi connectivity index (χ0n) is 32.8. The van der Waals surface area contributed by atoms with E-state index >= 15 is 0 Å². The fourth-order valence-electron chi connectivity index (χ4n) is 5.71. The number of rotatable bonds is 39. The summed E-state index contributed by atoms with van der Waals surface area (Å²) in [6.45, 7) is 3.68. The number of carbonyl (C=O) groups excluding carboxylic acids is 2. The first-order valence-corrected chi connectivity index (χ1v) is 22.3. The van der Waals surface area contributed by atoms with Crippen molar-refractivity contribution in [1.82, 2.24) is 0 Å². The number of ether oxygens (including phenoxy) is 2. The first-order chi connectivity index (χ1) is 24.8. The molecule has 0 heterocycles. The number of nitrogens with two attached hydrogens (primary N) is 1. The molecule has 0 bridgehead atoms. The molecule has 0 radical (unpaired) electrons. The maximum Gasteiger partial charge on any atom is 0.472 e. The van der Waals surface area contributed by atoms with Crippen LogP contribution in [0.1, 0.15) is 194 Å². The molecule has 300 valence electrons. The predicted molar refractivity (Wildman–Crippen MR) is 211 cm³/mol. The largest absolute Gasteiger partial charge is 0.472 e. The summed E-state index contributed by atoms with van der Waals surface area (Å²) in [6, 6.07) is 0. The zero-order valence-corrected chi connectivity index (χ0v) is 33.7. The minimum Gasteiger partial charge on any atom is -0.462 e. The number of phosphoric acid groups is 1. The molecule has 3 N–H and O–H groups in total. The maximum atomic E-state index is 12.5. The van der Waals surface area contributed by atoms with E-state index in [0.717, 1.165) is 44.9 Å². The second-order valence-corrected chi connectivity index (χ2v) is 15.3. The van der Waals surface area contributed by atoms with E-state index in [0.29, 0.717) is 6.42 Å². The van der Waals surface area contributed by atoms with Gasteiger partial charge in [-0.1, -0.05) is 154 Å². The van der Waals surface area contributed by atoms with Crippen molar-refractivity contribution in [2.24, 2.45) is 5.73 Å². The van der Waals surface area contributed by atoms with Crippen LogP contribution in [0.2, 0.25) is 0 Å². The summed E-state index contributed by atoms with van der Waals surface area (Å²) < 4.78 is 32.7. The zero-order chi connectivity index (χ0) is 37.5. The Bertz CT molecular complexity index is 897. The molecule has 0 aromatic heterocycles. The summed E-state index contributed by atoms with van der Waals surface area (Å²) >= 11 is 0. The summed E-state index contributed by atoms with van der Waals surface area (Å²) in [4.78, 5) is 34.8. The summed E-state index contributed by atoms with van der Waals surface area (Å²) in [6.07, 6.45) is 39.3. The maximum absolute atomic E-state index is 12.5. The summed E-state index contributed by atoms with van der Waals surface area (Å²) in [5.74, 6) is -0.887. The molecule has 9 nitrogen and oxygen atoms in total. The first kappa shape index (κ1) is 49.5. The van der Waals surface area contributed by atoms with Crippen molar-refractivity contribution in [3.8, 4) is 0 Å². The van der Waals surface area contributed by atoms with Crippen LogP contribution in [0.15, 0.2) is 24.3 Å². The van der Waals surface area contributed by atoms with E-state index in [2.05, 4.69) is 32.1 Å². The Morgan fingerprint density at radius 2 is 1.00 bits per heavy atom. The van der Waals surface area contributed by atoms with Gasteiger partial charge in [-0.05, 0) is 51.4 Å². The molecule has 2 atom stereocenters. The van der Waals surface area contributed by atoms with Gasteiger partial charge >= 0.3 is 19.8 Å². The van der Waals surface area contributed by atoms with Crippen molar-refractivity contribution < 1.29 is 37.6 Å². The van der Waals surface area contributed by atoms with Crippen LogP contribution in [0, 0.1) is 0 Å². The van der Waals surface area contributed by atoms with E-state index in [1.807, 2.05) is 6.08 Å². The van der Waals surface area contributed by atoms with E-state index in [4.69, 9.17) is 24.3 Å². The molecule has 0 aliphatic rings. The van der Waals surface area contributed by atoms with Crippen molar-refractivity contribution in [3.05, 3.63) is 24.3 Å². The highest BCUT2D eigenvalue weighted by Crippen LogP contribution is 2.43. The van der Waals surface area contributed by atoms with E-state index in [1.54, 1.807) is 0 Å². The number of allylic oxidation sites excluding steroid dienone is 4. The van der Waals surface area contributed by atoms with Crippen molar-refractivity contribution in [2.75, 3.05) is 26.4 Å². The molecule has 51 heavy (non-hydrogen) atoms. The SMILES string of the molecule is CCCCCC/C=C/CCCCCCCCCC(=O)OC[C@H](COP(=O)(O)OCCN)OC(=O)CC/C=C/CCCCCCCCCCCCC. The van der Waals surface area contributed by atoms with Gasteiger partial charge in [-0.3, -0.25) is 18.6 Å². The monoisotopic (exact) mass is 744 g/mol. The topological polar surface area (TPSA) is 134 Å². The number of esters is 2. The molecule has 0 fully saturated rings. The highest BCUT2D eigenvalue weighted by atomic mass is 31.2. The molecule has 1 unspecified atom stereocenters. The number of phosphoric ester groups is 1. The average Bonchev–Trinajstić information content (AvgIpc) is 3.11. The second kappa shape index (κ2) is 38.2. The van der Waals surface area contributed by atoms with Gasteiger partial charge in [0.15, 0.2) is 6.10 Å². The third kappa shape index (κ3) is 38.0. The Hall–Kier alpha value is -1.51. The van der Waals surface area contributed by atoms with Gasteiger partial charge in [0.05, 0.1) is 13.2 Å². The Morgan fingerprint density at radius 3 is 1.49 bits per heavy atom. The highest BCUT2D eigenvalue weighted by Gasteiger charge is 2.25. The molecule has 0 aliphatic heterocycles. The van der Waals surface area contributed by atoms with Gasteiger partial charge in [-0.2, -0.15) is 0 Å². The molecule has 0 saturated heterocycles. The van der Waals surface area contributed by atoms with Crippen LogP contribution in [-0.4, -0.2) is 49.3 Å². The minimum atomic E-state index is -4.38. The van der Waals surface area contributed by atoms with Gasteiger partial charge in [0.2, 0.25) is 0 Å². The van der Waals surface area contributed by atoms with Crippen molar-refractivity contribution in [2.45, 2.75) is 200 Å². The van der Waals surface area contributed by atoms with Gasteiger partial charge in [-0.15, -0.1) is 0 Å². The standard InChI is InChI=1S/C41H78NO8P/c1-3-5-7-9-11-13-15-17-19-21-23-25-27-29-31-33-40(43)47-37-39(38-49-51(45,46)48-36-35-42)50-41(44)34-32-30-28-26-24-22-20-18-16-14-12-10-8-6-4-2/h13,15,28,30,39H,3-12,14,16-27,29,31-38,42H2,1-2H3,(H,45,46)/b15-13+,30-28+/t39-/m1/s1. The summed E-state index contributed by atoms with van der Waals surface area (Å²) in [5, 5.41) is 0. The van der Waals surface area contributed by atoms with Crippen LogP contribution >= 0.6 is 7.82 Å². The fourth-order valence-corrected chi connectivity index (χ4v) is 6.47. The molecule has 0 saturated carbocycles. The summed E-state index contributed by atoms with van der Waals surface area (Å²) in [5.41, 5.74) is 5.34. The Labute approximate surface area is 312 Å². The minimum absolute atomic E-state index is 0.0492. The van der Waals surface area contributed by atoms with Crippen LogP contribution in [0.5, 0.6) is 0 Å². The van der Waals surface area contributed by atoms with E-state index in [9.17, 15) is 19.0 Å². The van der Waals surface area contributed by atoms with E-state index < -0.39 is 32.5 Å². The molecular weight excluding hydrogens is 665 g/mol. The molecule has 0 amide bonds. The van der Waals surface area contributed by atoms with Gasteiger partial charge < -0.3 is 20.1 Å². The lowest BCUT2D eigenvalue weighted by Gasteiger charge is -2.19. The molecule has 0 rings (SSSR count). The van der Waals surface area contributed by atoms with Crippen LogP contribution in [0.4, 0.5) is 0 Å². The Morgan fingerprint density at radius 1 is 0.569 bits per heavy atom. The normalized spacial score (nSPS) is 13.6. The predicted octanol–water partition coefficient (Wildman–Crippen LogP) is 11.6. The smallest absolute Gasteiger partial charge is 0.462 e. The number of hydrogen-bond acceptors (Lipinski definition) is 8. The van der Waals surface area contributed by atoms with Crippen LogP contribution in [0.3, 0.4) is 0 Å². The molecular formula is C41H78NO8P. The number of hydrogen-bond donors (Lipinski definition) is 2. The Balaban J connectivity index is 4.21. The molecule has 0 aromatic carbocycles. The van der Waals surface area contributed by atoms with Crippen molar-refractivity contribution in [3.63, 3.8) is 0 Å². The van der Waals surface area contributed by atoms with Crippen molar-refractivity contribution in [1.29, 1.82) is 0 Å². The highest BCUT2D eigenvalue weighted by molar-refractivity contribution is 7.47. The lowest BCUT2D eigenvalue weighted by molar-refractivity contribution is -0.161. The van der Waals surface area contributed by atoms with Gasteiger partial charge in [0.25, 0.3) is 0 Å². The molecule has 0 aliphatic carbocycles. The molecule has 0 spiro atoms. The fraction of sp³-hybridized carbons (Fsp3) is 0.854. The van der Waals surface area contributed by atoms with Crippen LogP contribution in [0.25, 0.3) is 0 Å². The first-order valence-electron chi connectivity index (χ1n) is 20.8.